The van der Waals surface area contributed by atoms with Gasteiger partial charge in [-0.3, -0.25) is 4.79 Å². The third-order valence-corrected chi connectivity index (χ3v) is 3.41. The molecule has 1 aliphatic carbocycles. The maximum Gasteiger partial charge on any atom is 0.155 e. The van der Waals surface area contributed by atoms with E-state index in [0.717, 1.165) is 0 Å². The highest BCUT2D eigenvalue weighted by atomic mass is 16.1. The molecule has 1 heteroatoms. The molecule has 0 aromatic carbocycles. The van der Waals surface area contributed by atoms with Gasteiger partial charge in [0.15, 0.2) is 5.78 Å². The van der Waals surface area contributed by atoms with Crippen LogP contribution < -0.4 is 0 Å². The molecule has 1 unspecified atom stereocenters. The summed E-state index contributed by atoms with van der Waals surface area (Å²) in [6.45, 7) is 8.65. The molecule has 1 nitrogen and oxygen atoms in total. The molecule has 0 saturated carbocycles. The smallest absolute Gasteiger partial charge is 0.155 e. The molecule has 1 atom stereocenters. The van der Waals surface area contributed by atoms with Crippen molar-refractivity contribution in [3.05, 3.63) is 23.8 Å². The van der Waals surface area contributed by atoms with E-state index in [1.54, 1.807) is 6.08 Å². The minimum absolute atomic E-state index is 0.226. The molecular weight excluding hydrogens is 184 g/mol. The van der Waals surface area contributed by atoms with Crippen LogP contribution in [0.5, 0.6) is 0 Å². The first-order valence-corrected chi connectivity index (χ1v) is 5.85. The molecule has 0 spiro atoms. The predicted molar refractivity (Wildman–Crippen MR) is 64.7 cm³/mol. The normalized spacial score (nSPS) is 25.3. The lowest BCUT2D eigenvalue weighted by molar-refractivity contribution is -0.114. The predicted octanol–water partition coefficient (Wildman–Crippen LogP) is 3.90. The first-order valence-electron chi connectivity index (χ1n) is 5.85. The van der Waals surface area contributed by atoms with Crippen LogP contribution in [0.4, 0.5) is 0 Å². The maximum absolute atomic E-state index is 11.3. The fourth-order valence-electron chi connectivity index (χ4n) is 2.30. The molecule has 0 aromatic heterocycles. The zero-order chi connectivity index (χ0) is 11.5. The lowest BCUT2D eigenvalue weighted by Gasteiger charge is -2.36. The van der Waals surface area contributed by atoms with Crippen molar-refractivity contribution in [2.45, 2.75) is 47.0 Å². The van der Waals surface area contributed by atoms with Crippen LogP contribution in [0.15, 0.2) is 23.8 Å². The van der Waals surface area contributed by atoms with E-state index >= 15 is 0 Å². The van der Waals surface area contributed by atoms with Gasteiger partial charge in [0, 0.05) is 12.3 Å². The van der Waals surface area contributed by atoms with Crippen molar-refractivity contribution in [3.8, 4) is 0 Å². The molecule has 0 N–H and O–H groups in total. The number of carbonyl (C=O) groups excluding carboxylic acids is 1. The first kappa shape index (κ1) is 12.2. The van der Waals surface area contributed by atoms with E-state index < -0.39 is 0 Å². The van der Waals surface area contributed by atoms with Crippen LogP contribution in [-0.4, -0.2) is 5.78 Å². The Morgan fingerprint density at radius 3 is 2.80 bits per heavy atom. The zero-order valence-corrected chi connectivity index (χ0v) is 10.3. The Balaban J connectivity index is 2.81. The summed E-state index contributed by atoms with van der Waals surface area (Å²) in [4.78, 5) is 11.3. The summed E-state index contributed by atoms with van der Waals surface area (Å²) in [5, 5.41) is 0. The number of hydrogen-bond donors (Lipinski definition) is 0. The third-order valence-electron chi connectivity index (χ3n) is 3.41. The van der Waals surface area contributed by atoms with E-state index in [2.05, 4.69) is 32.9 Å². The Kier molecular flexibility index (Phi) is 3.90. The van der Waals surface area contributed by atoms with Crippen molar-refractivity contribution in [1.29, 1.82) is 0 Å². The quantitative estimate of drug-likeness (QED) is 0.505. The molecule has 0 heterocycles. The largest absolute Gasteiger partial charge is 0.295 e. The Morgan fingerprint density at radius 1 is 1.60 bits per heavy atom. The summed E-state index contributed by atoms with van der Waals surface area (Å²) in [6, 6.07) is 0. The Labute approximate surface area is 93.3 Å². The monoisotopic (exact) mass is 206 g/mol. The fraction of sp³-hybridized carbons (Fsp3) is 0.643. The number of ketones is 1. The number of hydrogen-bond acceptors (Lipinski definition) is 1. The van der Waals surface area contributed by atoms with Crippen molar-refractivity contribution >= 4 is 5.78 Å². The lowest BCUT2D eigenvalue weighted by Crippen LogP contribution is -2.26. The molecule has 0 aromatic rings. The molecule has 84 valence electrons. The van der Waals surface area contributed by atoms with Gasteiger partial charge in [-0.1, -0.05) is 38.5 Å². The van der Waals surface area contributed by atoms with Gasteiger partial charge < -0.3 is 0 Å². The van der Waals surface area contributed by atoms with Crippen LogP contribution >= 0.6 is 0 Å². The SMILES string of the molecule is CCC(=O)/C=C/C1C(C)=CCCC1(C)C. The Hall–Kier alpha value is -0.850. The minimum atomic E-state index is 0.226. The highest BCUT2D eigenvalue weighted by Gasteiger charge is 2.30. The summed E-state index contributed by atoms with van der Waals surface area (Å²) < 4.78 is 0. The fourth-order valence-corrected chi connectivity index (χ4v) is 2.30. The molecule has 0 aliphatic heterocycles. The van der Waals surface area contributed by atoms with Gasteiger partial charge in [-0.05, 0) is 31.3 Å². The van der Waals surface area contributed by atoms with Crippen molar-refractivity contribution in [2.75, 3.05) is 0 Å². The average molecular weight is 206 g/mol. The number of rotatable bonds is 3. The standard InChI is InChI=1S/C14H22O/c1-5-12(15)8-9-13-11(2)7-6-10-14(13,3)4/h7-9,13H,5-6,10H2,1-4H3/b9-8+. The number of carbonyl (C=O) groups is 1. The first-order chi connectivity index (χ1) is 6.97. The van der Waals surface area contributed by atoms with Crippen molar-refractivity contribution < 1.29 is 4.79 Å². The Morgan fingerprint density at radius 2 is 2.27 bits per heavy atom. The summed E-state index contributed by atoms with van der Waals surface area (Å²) in [5.41, 5.74) is 1.70. The topological polar surface area (TPSA) is 17.1 Å². The summed E-state index contributed by atoms with van der Waals surface area (Å²) in [5.74, 6) is 0.658. The summed E-state index contributed by atoms with van der Waals surface area (Å²) in [7, 11) is 0. The van der Waals surface area contributed by atoms with E-state index in [1.807, 2.05) is 6.92 Å². The third kappa shape index (κ3) is 3.05. The highest BCUT2D eigenvalue weighted by Crippen LogP contribution is 2.41. The Bertz CT molecular complexity index is 294. The molecule has 0 amide bonds. The van der Waals surface area contributed by atoms with Gasteiger partial charge in [0.05, 0.1) is 0 Å². The van der Waals surface area contributed by atoms with Gasteiger partial charge in [0.25, 0.3) is 0 Å². The van der Waals surface area contributed by atoms with Crippen LogP contribution in [-0.2, 0) is 4.79 Å². The zero-order valence-electron chi connectivity index (χ0n) is 10.3. The van der Waals surface area contributed by atoms with E-state index in [4.69, 9.17) is 0 Å². The van der Waals surface area contributed by atoms with Crippen molar-refractivity contribution in [3.63, 3.8) is 0 Å². The second kappa shape index (κ2) is 4.78. The summed E-state index contributed by atoms with van der Waals surface area (Å²) in [6.07, 6.45) is 9.14. The van der Waals surface area contributed by atoms with Crippen LogP contribution in [0.2, 0.25) is 0 Å². The summed E-state index contributed by atoms with van der Waals surface area (Å²) >= 11 is 0. The molecule has 0 fully saturated rings. The van der Waals surface area contributed by atoms with Gasteiger partial charge in [-0.15, -0.1) is 0 Å². The van der Waals surface area contributed by atoms with Gasteiger partial charge in [-0.25, -0.2) is 0 Å². The van der Waals surface area contributed by atoms with Crippen LogP contribution in [0.3, 0.4) is 0 Å². The van der Waals surface area contributed by atoms with Crippen LogP contribution in [0, 0.1) is 11.3 Å². The van der Waals surface area contributed by atoms with Gasteiger partial charge in [0.2, 0.25) is 0 Å². The van der Waals surface area contributed by atoms with Gasteiger partial charge in [0.1, 0.15) is 0 Å². The van der Waals surface area contributed by atoms with E-state index in [0.29, 0.717) is 17.8 Å². The van der Waals surface area contributed by atoms with E-state index in [1.165, 1.54) is 18.4 Å². The molecule has 15 heavy (non-hydrogen) atoms. The van der Waals surface area contributed by atoms with Gasteiger partial charge in [-0.2, -0.15) is 0 Å². The lowest BCUT2D eigenvalue weighted by atomic mass is 9.68. The minimum Gasteiger partial charge on any atom is -0.295 e. The van der Waals surface area contributed by atoms with Crippen molar-refractivity contribution in [2.24, 2.45) is 11.3 Å². The molecule has 1 aliphatic rings. The molecule has 1 rings (SSSR count). The molecule has 0 saturated heterocycles. The highest BCUT2D eigenvalue weighted by molar-refractivity contribution is 5.89. The van der Waals surface area contributed by atoms with Gasteiger partial charge >= 0.3 is 0 Å². The van der Waals surface area contributed by atoms with E-state index in [9.17, 15) is 4.79 Å². The maximum atomic E-state index is 11.3. The average Bonchev–Trinajstić information content (AvgIpc) is 2.15. The second-order valence-electron chi connectivity index (χ2n) is 5.13. The molecular formula is C14H22O. The van der Waals surface area contributed by atoms with Crippen molar-refractivity contribution in [1.82, 2.24) is 0 Å². The number of allylic oxidation sites excluding steroid dienone is 4. The second-order valence-corrected chi connectivity index (χ2v) is 5.13. The van der Waals surface area contributed by atoms with Crippen LogP contribution in [0.1, 0.15) is 47.0 Å². The molecule has 0 radical (unpaired) electrons. The van der Waals surface area contributed by atoms with E-state index in [-0.39, 0.29) is 5.78 Å². The molecule has 0 bridgehead atoms. The van der Waals surface area contributed by atoms with Crippen LogP contribution in [0.25, 0.3) is 0 Å².